The lowest BCUT2D eigenvalue weighted by Gasteiger charge is -2.19. The van der Waals surface area contributed by atoms with E-state index in [0.717, 1.165) is 11.1 Å². The number of ether oxygens (including phenoxy) is 1. The van der Waals surface area contributed by atoms with Crippen molar-refractivity contribution in [3.8, 4) is 5.75 Å². The molecule has 0 bridgehead atoms. The molecule has 1 aromatic rings. The lowest BCUT2D eigenvalue weighted by molar-refractivity contribution is 0.408. The molecule has 0 spiro atoms. The molecule has 22 heavy (non-hydrogen) atoms. The number of hydrogen-bond donors (Lipinski definition) is 1. The first-order valence-corrected chi connectivity index (χ1v) is 9.19. The van der Waals surface area contributed by atoms with E-state index in [9.17, 15) is 8.42 Å². The van der Waals surface area contributed by atoms with Crippen molar-refractivity contribution in [2.75, 3.05) is 20.2 Å². The first kappa shape index (κ1) is 15.8. The maximum atomic E-state index is 13.0. The van der Waals surface area contributed by atoms with Crippen molar-refractivity contribution < 1.29 is 13.2 Å². The zero-order chi connectivity index (χ0) is 16.1. The maximum Gasteiger partial charge on any atom is 0.243 e. The van der Waals surface area contributed by atoms with Crippen molar-refractivity contribution in [3.05, 3.63) is 23.3 Å². The topological polar surface area (TPSA) is 72.6 Å². The summed E-state index contributed by atoms with van der Waals surface area (Å²) in [6, 6.07) is 3.45. The second-order valence-corrected chi connectivity index (χ2v) is 8.48. The normalized spacial score (nSPS) is 26.4. The van der Waals surface area contributed by atoms with E-state index in [1.165, 1.54) is 12.8 Å². The van der Waals surface area contributed by atoms with Gasteiger partial charge in [-0.3, -0.25) is 0 Å². The number of hydrogen-bond acceptors (Lipinski definition) is 4. The zero-order valence-electron chi connectivity index (χ0n) is 13.4. The monoisotopic (exact) mass is 324 g/mol. The largest absolute Gasteiger partial charge is 0.496 e. The van der Waals surface area contributed by atoms with E-state index < -0.39 is 10.0 Å². The Labute approximate surface area is 132 Å². The summed E-state index contributed by atoms with van der Waals surface area (Å²) in [5.74, 6) is 1.53. The van der Waals surface area contributed by atoms with Gasteiger partial charge in [-0.1, -0.05) is 6.07 Å². The van der Waals surface area contributed by atoms with Crippen LogP contribution in [-0.2, 0) is 10.0 Å². The van der Waals surface area contributed by atoms with Crippen molar-refractivity contribution in [3.63, 3.8) is 0 Å². The molecule has 1 saturated carbocycles. The van der Waals surface area contributed by atoms with Crippen LogP contribution >= 0.6 is 0 Å². The Kier molecular flexibility index (Phi) is 3.95. The summed E-state index contributed by atoms with van der Waals surface area (Å²) in [5, 5.41) is 0. The number of benzene rings is 1. The first-order valence-electron chi connectivity index (χ1n) is 7.75. The molecule has 2 aliphatic rings. The van der Waals surface area contributed by atoms with E-state index in [1.807, 2.05) is 19.9 Å². The fourth-order valence-corrected chi connectivity index (χ4v) is 5.22. The smallest absolute Gasteiger partial charge is 0.243 e. The molecular formula is C16H24N2O3S. The summed E-state index contributed by atoms with van der Waals surface area (Å²) in [7, 11) is -1.96. The van der Waals surface area contributed by atoms with Gasteiger partial charge in [-0.15, -0.1) is 0 Å². The Morgan fingerprint density at radius 2 is 1.86 bits per heavy atom. The Morgan fingerprint density at radius 3 is 2.45 bits per heavy atom. The number of nitrogens with zero attached hydrogens (tertiary/aromatic N) is 1. The molecule has 6 heteroatoms. The molecule has 1 heterocycles. The minimum Gasteiger partial charge on any atom is -0.496 e. The van der Waals surface area contributed by atoms with Crippen molar-refractivity contribution in [2.24, 2.45) is 17.6 Å². The van der Waals surface area contributed by atoms with E-state index in [0.29, 0.717) is 35.6 Å². The van der Waals surface area contributed by atoms with Crippen molar-refractivity contribution in [1.29, 1.82) is 0 Å². The van der Waals surface area contributed by atoms with Crippen LogP contribution in [0.3, 0.4) is 0 Å². The van der Waals surface area contributed by atoms with E-state index in [1.54, 1.807) is 17.5 Å². The predicted octanol–water partition coefficient (Wildman–Crippen LogP) is 1.67. The lowest BCUT2D eigenvalue weighted by atomic mass is 9.99. The number of nitrogens with two attached hydrogens (primary N) is 1. The molecule has 3 rings (SSSR count). The van der Waals surface area contributed by atoms with Gasteiger partial charge >= 0.3 is 0 Å². The van der Waals surface area contributed by atoms with Gasteiger partial charge in [0.15, 0.2) is 0 Å². The average molecular weight is 324 g/mol. The van der Waals surface area contributed by atoms with E-state index >= 15 is 0 Å². The quantitative estimate of drug-likeness (QED) is 0.914. The van der Waals surface area contributed by atoms with Crippen LogP contribution in [0.2, 0.25) is 0 Å². The summed E-state index contributed by atoms with van der Waals surface area (Å²) in [4.78, 5) is 0.332. The third kappa shape index (κ3) is 2.64. The van der Waals surface area contributed by atoms with Gasteiger partial charge < -0.3 is 10.5 Å². The summed E-state index contributed by atoms with van der Waals surface area (Å²) >= 11 is 0. The van der Waals surface area contributed by atoms with Gasteiger partial charge in [0, 0.05) is 25.2 Å². The fourth-order valence-electron chi connectivity index (χ4n) is 3.49. The number of sulfonamides is 1. The molecule has 1 aliphatic heterocycles. The third-order valence-corrected chi connectivity index (χ3v) is 6.89. The molecule has 2 N–H and O–H groups in total. The van der Waals surface area contributed by atoms with Crippen molar-refractivity contribution >= 4 is 10.0 Å². The highest BCUT2D eigenvalue weighted by Crippen LogP contribution is 2.42. The molecule has 0 aromatic heterocycles. The van der Waals surface area contributed by atoms with Gasteiger partial charge in [0.2, 0.25) is 10.0 Å². The van der Waals surface area contributed by atoms with Gasteiger partial charge in [-0.25, -0.2) is 8.42 Å². The van der Waals surface area contributed by atoms with Crippen LogP contribution < -0.4 is 10.5 Å². The van der Waals surface area contributed by atoms with E-state index in [-0.39, 0.29) is 6.04 Å². The standard InChI is InChI=1S/C16H24N2O3S/c1-10-6-11(2)16(7-15(10)21-3)22(19,20)18-8-13(12-4-5-12)14(17)9-18/h6-7,12-14H,4-5,8-9,17H2,1-3H3/t13-,14+/m1/s1. The highest BCUT2D eigenvalue weighted by molar-refractivity contribution is 7.89. The number of aryl methyl sites for hydroxylation is 2. The summed E-state index contributed by atoms with van der Waals surface area (Å²) in [6.07, 6.45) is 2.37. The van der Waals surface area contributed by atoms with Crippen LogP contribution in [0.25, 0.3) is 0 Å². The first-order chi connectivity index (χ1) is 10.3. The highest BCUT2D eigenvalue weighted by Gasteiger charge is 2.44. The minimum absolute atomic E-state index is 0.0464. The third-order valence-electron chi connectivity index (χ3n) is 4.92. The second kappa shape index (κ2) is 5.51. The summed E-state index contributed by atoms with van der Waals surface area (Å²) in [5.41, 5.74) is 7.86. The molecule has 5 nitrogen and oxygen atoms in total. The molecule has 2 fully saturated rings. The predicted molar refractivity (Wildman–Crippen MR) is 85.4 cm³/mol. The number of methoxy groups -OCH3 is 1. The molecule has 1 saturated heterocycles. The SMILES string of the molecule is COc1cc(S(=O)(=O)N2C[C@H](C3CC3)[C@@H](N)C2)c(C)cc1C. The van der Waals surface area contributed by atoms with Gasteiger partial charge in [0.1, 0.15) is 5.75 Å². The highest BCUT2D eigenvalue weighted by atomic mass is 32.2. The maximum absolute atomic E-state index is 13.0. The minimum atomic E-state index is -3.52. The van der Waals surface area contributed by atoms with E-state index in [4.69, 9.17) is 10.5 Å². The number of rotatable bonds is 4. The van der Waals surface area contributed by atoms with Crippen LogP contribution in [-0.4, -0.2) is 39.0 Å². The molecule has 1 aliphatic carbocycles. The van der Waals surface area contributed by atoms with Crippen LogP contribution in [0.1, 0.15) is 24.0 Å². The van der Waals surface area contributed by atoms with Crippen molar-refractivity contribution in [1.82, 2.24) is 4.31 Å². The fraction of sp³-hybridized carbons (Fsp3) is 0.625. The molecule has 0 radical (unpaired) electrons. The van der Waals surface area contributed by atoms with Crippen LogP contribution in [0, 0.1) is 25.7 Å². The van der Waals surface area contributed by atoms with E-state index in [2.05, 4.69) is 0 Å². The molecule has 1 aromatic carbocycles. The van der Waals surface area contributed by atoms with Crippen molar-refractivity contribution in [2.45, 2.75) is 37.6 Å². The lowest BCUT2D eigenvalue weighted by Crippen LogP contribution is -2.33. The summed E-state index contributed by atoms with van der Waals surface area (Å²) < 4.78 is 32.8. The Morgan fingerprint density at radius 1 is 1.18 bits per heavy atom. The molecular weight excluding hydrogens is 300 g/mol. The molecule has 0 amide bonds. The average Bonchev–Trinajstić information content (AvgIpc) is 3.21. The van der Waals surface area contributed by atoms with Gasteiger partial charge in [-0.05, 0) is 49.7 Å². The van der Waals surface area contributed by atoms with Crippen LogP contribution in [0.4, 0.5) is 0 Å². The van der Waals surface area contributed by atoms with Crippen LogP contribution in [0.15, 0.2) is 17.0 Å². The molecule has 2 atom stereocenters. The zero-order valence-corrected chi connectivity index (χ0v) is 14.2. The second-order valence-electron chi connectivity index (χ2n) is 6.57. The van der Waals surface area contributed by atoms with Gasteiger partial charge in [-0.2, -0.15) is 4.31 Å². The Hall–Kier alpha value is -1.11. The van der Waals surface area contributed by atoms with Crippen LogP contribution in [0.5, 0.6) is 5.75 Å². The molecule has 122 valence electrons. The Balaban J connectivity index is 1.93. The van der Waals surface area contributed by atoms with Gasteiger partial charge in [0.25, 0.3) is 0 Å². The Bertz CT molecular complexity index is 683. The van der Waals surface area contributed by atoms with Gasteiger partial charge in [0.05, 0.1) is 12.0 Å². The summed E-state index contributed by atoms with van der Waals surface area (Å²) in [6.45, 7) is 4.70. The molecule has 0 unspecified atom stereocenters.